The first-order valence-corrected chi connectivity index (χ1v) is 11.6. The van der Waals surface area contributed by atoms with Crippen LogP contribution < -0.4 is 5.32 Å². The van der Waals surface area contributed by atoms with Crippen molar-refractivity contribution in [3.63, 3.8) is 0 Å². The molecule has 0 saturated carbocycles. The van der Waals surface area contributed by atoms with E-state index in [0.29, 0.717) is 23.5 Å². The number of carbonyl (C=O) groups excluding carboxylic acids is 1. The molecule has 0 fully saturated rings. The number of amides is 1. The molecule has 2 aromatic carbocycles. The summed E-state index contributed by atoms with van der Waals surface area (Å²) in [7, 11) is 0. The van der Waals surface area contributed by atoms with Crippen LogP contribution in [-0.2, 0) is 11.3 Å². The summed E-state index contributed by atoms with van der Waals surface area (Å²) in [6.07, 6.45) is 1.81. The van der Waals surface area contributed by atoms with Crippen molar-refractivity contribution in [2.24, 2.45) is 0 Å². The quantitative estimate of drug-likeness (QED) is 0.326. The summed E-state index contributed by atoms with van der Waals surface area (Å²) in [6, 6.07) is 16.2. The Morgan fingerprint density at radius 2 is 1.68 bits per heavy atom. The molecule has 1 heterocycles. The lowest BCUT2D eigenvalue weighted by Gasteiger charge is -2.20. The standard InChI is InChI=1S/C25H30N4OS/c1-6-15-29-24(19-11-8-7-9-12-19)27-28-25(29)31-16-22(30)26-23-20(17(2)3)13-10-14-21(23)18(4)5/h6-14,17-18H,1,15-16H2,2-5H3,(H,26,30). The zero-order valence-corrected chi connectivity index (χ0v) is 19.4. The van der Waals surface area contributed by atoms with E-state index in [1.807, 2.05) is 41.0 Å². The normalized spacial score (nSPS) is 11.2. The summed E-state index contributed by atoms with van der Waals surface area (Å²) < 4.78 is 1.99. The van der Waals surface area contributed by atoms with Crippen LogP contribution in [0.3, 0.4) is 0 Å². The number of nitrogens with one attached hydrogen (secondary N) is 1. The minimum atomic E-state index is -0.0468. The topological polar surface area (TPSA) is 59.8 Å². The van der Waals surface area contributed by atoms with Crippen molar-refractivity contribution in [1.29, 1.82) is 0 Å². The van der Waals surface area contributed by atoms with Crippen LogP contribution in [0.25, 0.3) is 11.4 Å². The van der Waals surface area contributed by atoms with Crippen molar-refractivity contribution < 1.29 is 4.79 Å². The second-order valence-corrected chi connectivity index (χ2v) is 8.97. The molecular weight excluding hydrogens is 404 g/mol. The van der Waals surface area contributed by atoms with Crippen LogP contribution in [0.2, 0.25) is 0 Å². The van der Waals surface area contributed by atoms with Gasteiger partial charge in [-0.05, 0) is 23.0 Å². The number of allylic oxidation sites excluding steroid dienone is 1. The lowest BCUT2D eigenvalue weighted by atomic mass is 9.92. The van der Waals surface area contributed by atoms with Gasteiger partial charge < -0.3 is 5.32 Å². The number of aromatic nitrogens is 3. The molecule has 1 aromatic heterocycles. The Hall–Kier alpha value is -2.86. The Morgan fingerprint density at radius 3 is 2.26 bits per heavy atom. The van der Waals surface area contributed by atoms with Gasteiger partial charge in [0.1, 0.15) is 0 Å². The maximum absolute atomic E-state index is 12.9. The number of rotatable bonds is 9. The zero-order chi connectivity index (χ0) is 22.4. The van der Waals surface area contributed by atoms with Gasteiger partial charge in [0, 0.05) is 17.8 Å². The summed E-state index contributed by atoms with van der Waals surface area (Å²) in [5.74, 6) is 1.63. The van der Waals surface area contributed by atoms with E-state index in [4.69, 9.17) is 0 Å². The average Bonchev–Trinajstić information content (AvgIpc) is 3.15. The number of para-hydroxylation sites is 1. The number of hydrogen-bond donors (Lipinski definition) is 1. The minimum absolute atomic E-state index is 0.0468. The number of anilines is 1. The molecule has 0 aliphatic heterocycles. The van der Waals surface area contributed by atoms with Crippen molar-refractivity contribution in [2.45, 2.75) is 51.2 Å². The smallest absolute Gasteiger partial charge is 0.234 e. The molecule has 3 rings (SSSR count). The predicted octanol–water partition coefficient (Wildman–Crippen LogP) is 6.11. The fraction of sp³-hybridized carbons (Fsp3) is 0.320. The van der Waals surface area contributed by atoms with Crippen LogP contribution in [0.1, 0.15) is 50.7 Å². The maximum Gasteiger partial charge on any atom is 0.234 e. The number of benzene rings is 2. The third-order valence-electron chi connectivity index (χ3n) is 5.03. The fourth-order valence-electron chi connectivity index (χ4n) is 3.49. The molecule has 0 bridgehead atoms. The average molecular weight is 435 g/mol. The number of thioether (sulfide) groups is 1. The molecule has 5 nitrogen and oxygen atoms in total. The van der Waals surface area contributed by atoms with E-state index >= 15 is 0 Å². The van der Waals surface area contributed by atoms with Crippen LogP contribution in [-0.4, -0.2) is 26.4 Å². The van der Waals surface area contributed by atoms with Crippen LogP contribution in [0.4, 0.5) is 5.69 Å². The van der Waals surface area contributed by atoms with E-state index in [0.717, 1.165) is 28.2 Å². The summed E-state index contributed by atoms with van der Waals surface area (Å²) in [5.41, 5.74) is 4.24. The second kappa shape index (κ2) is 10.4. The van der Waals surface area contributed by atoms with E-state index in [9.17, 15) is 4.79 Å². The largest absolute Gasteiger partial charge is 0.325 e. The summed E-state index contributed by atoms with van der Waals surface area (Å²) >= 11 is 1.39. The molecule has 0 unspecified atom stereocenters. The van der Waals surface area contributed by atoms with Crippen molar-refractivity contribution in [3.05, 3.63) is 72.3 Å². The highest BCUT2D eigenvalue weighted by molar-refractivity contribution is 7.99. The minimum Gasteiger partial charge on any atom is -0.325 e. The van der Waals surface area contributed by atoms with E-state index in [2.05, 4.69) is 68.0 Å². The predicted molar refractivity (Wildman–Crippen MR) is 130 cm³/mol. The van der Waals surface area contributed by atoms with Gasteiger partial charge in [0.25, 0.3) is 0 Å². The van der Waals surface area contributed by atoms with Gasteiger partial charge in [-0.25, -0.2) is 0 Å². The van der Waals surface area contributed by atoms with Crippen molar-refractivity contribution in [3.8, 4) is 11.4 Å². The summed E-state index contributed by atoms with van der Waals surface area (Å²) in [4.78, 5) is 12.9. The van der Waals surface area contributed by atoms with E-state index < -0.39 is 0 Å². The highest BCUT2D eigenvalue weighted by Gasteiger charge is 2.18. The third kappa shape index (κ3) is 5.44. The van der Waals surface area contributed by atoms with Crippen LogP contribution in [0, 0.1) is 0 Å². The Balaban J connectivity index is 1.78. The zero-order valence-electron chi connectivity index (χ0n) is 18.6. The molecule has 0 atom stereocenters. The molecule has 1 N–H and O–H groups in total. The molecule has 31 heavy (non-hydrogen) atoms. The second-order valence-electron chi connectivity index (χ2n) is 8.03. The van der Waals surface area contributed by atoms with Gasteiger partial charge in [-0.3, -0.25) is 9.36 Å². The SMILES string of the molecule is C=CCn1c(SCC(=O)Nc2c(C(C)C)cccc2C(C)C)nnc1-c1ccccc1. The van der Waals surface area contributed by atoms with E-state index in [1.54, 1.807) is 0 Å². The van der Waals surface area contributed by atoms with Gasteiger partial charge in [0.05, 0.1) is 5.75 Å². The molecular formula is C25H30N4OS. The maximum atomic E-state index is 12.9. The van der Waals surface area contributed by atoms with E-state index in [-0.39, 0.29) is 11.7 Å². The molecule has 0 spiro atoms. The van der Waals surface area contributed by atoms with Gasteiger partial charge in [-0.2, -0.15) is 0 Å². The van der Waals surface area contributed by atoms with Crippen molar-refractivity contribution in [2.75, 3.05) is 11.1 Å². The van der Waals surface area contributed by atoms with Gasteiger partial charge in [-0.15, -0.1) is 16.8 Å². The lowest BCUT2D eigenvalue weighted by molar-refractivity contribution is -0.113. The van der Waals surface area contributed by atoms with Crippen LogP contribution >= 0.6 is 11.8 Å². The van der Waals surface area contributed by atoms with Crippen molar-refractivity contribution >= 4 is 23.4 Å². The summed E-state index contributed by atoms with van der Waals surface area (Å²) in [6.45, 7) is 13.0. The van der Waals surface area contributed by atoms with Gasteiger partial charge in [0.15, 0.2) is 11.0 Å². The first-order chi connectivity index (χ1) is 14.9. The molecule has 0 aliphatic rings. The Labute approximate surface area is 189 Å². The van der Waals surface area contributed by atoms with Crippen LogP contribution in [0.15, 0.2) is 66.3 Å². The fourth-order valence-corrected chi connectivity index (χ4v) is 4.24. The Kier molecular flexibility index (Phi) is 7.69. The molecule has 3 aromatic rings. The first kappa shape index (κ1) is 22.8. The van der Waals surface area contributed by atoms with Crippen LogP contribution in [0.5, 0.6) is 0 Å². The Morgan fingerprint density at radius 1 is 1.03 bits per heavy atom. The molecule has 1 amide bonds. The molecule has 0 saturated heterocycles. The summed E-state index contributed by atoms with van der Waals surface area (Å²) in [5, 5.41) is 12.6. The number of nitrogens with zero attached hydrogens (tertiary/aromatic N) is 3. The Bertz CT molecular complexity index is 1010. The lowest BCUT2D eigenvalue weighted by Crippen LogP contribution is -2.18. The highest BCUT2D eigenvalue weighted by Crippen LogP contribution is 2.32. The van der Waals surface area contributed by atoms with Gasteiger partial charge in [-0.1, -0.05) is 94.1 Å². The third-order valence-corrected chi connectivity index (χ3v) is 6.00. The number of carbonyl (C=O) groups is 1. The number of hydrogen-bond acceptors (Lipinski definition) is 4. The van der Waals surface area contributed by atoms with Gasteiger partial charge in [0.2, 0.25) is 5.91 Å². The highest BCUT2D eigenvalue weighted by atomic mass is 32.2. The monoisotopic (exact) mass is 434 g/mol. The van der Waals surface area contributed by atoms with Crippen molar-refractivity contribution in [1.82, 2.24) is 14.8 Å². The molecule has 0 radical (unpaired) electrons. The molecule has 0 aliphatic carbocycles. The van der Waals surface area contributed by atoms with E-state index in [1.165, 1.54) is 11.8 Å². The molecule has 6 heteroatoms. The molecule has 162 valence electrons. The first-order valence-electron chi connectivity index (χ1n) is 10.6. The van der Waals surface area contributed by atoms with Gasteiger partial charge >= 0.3 is 0 Å².